The molecule has 35 heavy (non-hydrogen) atoms. The molecule has 0 unspecified atom stereocenters. The number of piperidine rings is 1. The molecule has 0 saturated carbocycles. The molecule has 0 spiro atoms. The number of methoxy groups -OCH3 is 2. The minimum atomic E-state index is -0.652. The highest BCUT2D eigenvalue weighted by Gasteiger charge is 2.22. The van der Waals surface area contributed by atoms with E-state index in [9.17, 15) is 9.18 Å². The monoisotopic (exact) mass is 500 g/mol. The SMILES string of the molecule is COC(=O)c1sccc1Nc1nc(Nc2ccc(N3CCC(N(C)C)CC3)cc2OC)ncc1F. The Hall–Kier alpha value is -3.44. The van der Waals surface area contributed by atoms with E-state index in [1.807, 2.05) is 18.2 Å². The molecule has 0 bridgehead atoms. The van der Waals surface area contributed by atoms with Crippen molar-refractivity contribution in [3.8, 4) is 5.75 Å². The Kier molecular flexibility index (Phi) is 7.67. The highest BCUT2D eigenvalue weighted by molar-refractivity contribution is 7.12. The molecule has 3 aromatic rings. The predicted octanol–water partition coefficient (Wildman–Crippen LogP) is 4.49. The number of rotatable bonds is 8. The van der Waals surface area contributed by atoms with Crippen LogP contribution in [0.3, 0.4) is 0 Å². The van der Waals surface area contributed by atoms with Crippen LogP contribution in [0.25, 0.3) is 0 Å². The van der Waals surface area contributed by atoms with Crippen LogP contribution in [0.5, 0.6) is 5.75 Å². The number of halogens is 1. The number of aromatic nitrogens is 2. The summed E-state index contributed by atoms with van der Waals surface area (Å²) in [6, 6.07) is 8.17. The second-order valence-electron chi connectivity index (χ2n) is 8.36. The van der Waals surface area contributed by atoms with E-state index in [4.69, 9.17) is 9.47 Å². The van der Waals surface area contributed by atoms with Crippen molar-refractivity contribution in [1.82, 2.24) is 14.9 Å². The summed E-state index contributed by atoms with van der Waals surface area (Å²) in [6.07, 6.45) is 3.28. The predicted molar refractivity (Wildman–Crippen MR) is 136 cm³/mol. The Morgan fingerprint density at radius 3 is 2.63 bits per heavy atom. The molecule has 0 aliphatic carbocycles. The first-order chi connectivity index (χ1) is 16.9. The number of thiophene rings is 1. The normalized spacial score (nSPS) is 14.2. The molecule has 1 fully saturated rings. The van der Waals surface area contributed by atoms with Crippen LogP contribution in [0.1, 0.15) is 22.5 Å². The van der Waals surface area contributed by atoms with E-state index < -0.39 is 11.8 Å². The van der Waals surface area contributed by atoms with Gasteiger partial charge in [0, 0.05) is 30.9 Å². The maximum absolute atomic E-state index is 14.4. The van der Waals surface area contributed by atoms with E-state index in [0.717, 1.165) is 37.8 Å². The highest BCUT2D eigenvalue weighted by atomic mass is 32.1. The number of nitrogens with zero attached hydrogens (tertiary/aromatic N) is 4. The van der Waals surface area contributed by atoms with Crippen molar-refractivity contribution >= 4 is 46.1 Å². The van der Waals surface area contributed by atoms with E-state index in [0.29, 0.717) is 28.0 Å². The largest absolute Gasteiger partial charge is 0.494 e. The summed E-state index contributed by atoms with van der Waals surface area (Å²) in [5.74, 6) is -0.412. The first kappa shape index (κ1) is 24.7. The molecule has 4 rings (SSSR count). The Labute approximate surface area is 207 Å². The molecule has 9 nitrogen and oxygen atoms in total. The maximum Gasteiger partial charge on any atom is 0.350 e. The Morgan fingerprint density at radius 2 is 1.94 bits per heavy atom. The van der Waals surface area contributed by atoms with Crippen molar-refractivity contribution in [3.05, 3.63) is 46.5 Å². The summed E-state index contributed by atoms with van der Waals surface area (Å²) in [7, 11) is 7.15. The average molecular weight is 501 g/mol. The Morgan fingerprint density at radius 1 is 1.17 bits per heavy atom. The lowest BCUT2D eigenvalue weighted by atomic mass is 10.0. The zero-order valence-corrected chi connectivity index (χ0v) is 21.0. The number of anilines is 5. The molecule has 1 aliphatic rings. The lowest BCUT2D eigenvalue weighted by molar-refractivity contribution is 0.0607. The number of nitrogens with one attached hydrogen (secondary N) is 2. The molecule has 186 valence electrons. The molecule has 0 radical (unpaired) electrons. The van der Waals surface area contributed by atoms with Crippen LogP contribution >= 0.6 is 11.3 Å². The van der Waals surface area contributed by atoms with Crippen molar-refractivity contribution in [2.75, 3.05) is 56.9 Å². The van der Waals surface area contributed by atoms with E-state index in [2.05, 4.69) is 44.5 Å². The third kappa shape index (κ3) is 5.63. The molecule has 2 N–H and O–H groups in total. The van der Waals surface area contributed by atoms with Gasteiger partial charge in [-0.1, -0.05) is 0 Å². The second kappa shape index (κ2) is 10.9. The van der Waals surface area contributed by atoms with Gasteiger partial charge in [0.1, 0.15) is 10.6 Å². The molecule has 2 aromatic heterocycles. The van der Waals surface area contributed by atoms with Crippen molar-refractivity contribution in [1.29, 1.82) is 0 Å². The van der Waals surface area contributed by atoms with Gasteiger partial charge in [-0.2, -0.15) is 4.98 Å². The minimum Gasteiger partial charge on any atom is -0.494 e. The van der Waals surface area contributed by atoms with Gasteiger partial charge in [-0.3, -0.25) is 0 Å². The van der Waals surface area contributed by atoms with Gasteiger partial charge in [0.2, 0.25) is 5.95 Å². The van der Waals surface area contributed by atoms with Gasteiger partial charge in [-0.25, -0.2) is 14.2 Å². The number of hydrogen-bond donors (Lipinski definition) is 2. The number of carbonyl (C=O) groups is 1. The molecular weight excluding hydrogens is 471 g/mol. The summed E-state index contributed by atoms with van der Waals surface area (Å²) in [6.45, 7) is 1.95. The van der Waals surface area contributed by atoms with Gasteiger partial charge < -0.3 is 29.9 Å². The molecule has 0 atom stereocenters. The molecule has 1 saturated heterocycles. The van der Waals surface area contributed by atoms with Gasteiger partial charge >= 0.3 is 5.97 Å². The van der Waals surface area contributed by atoms with Crippen LogP contribution in [0.4, 0.5) is 33.2 Å². The van der Waals surface area contributed by atoms with E-state index in [-0.39, 0.29) is 11.8 Å². The smallest absolute Gasteiger partial charge is 0.350 e. The molecule has 0 amide bonds. The summed E-state index contributed by atoms with van der Waals surface area (Å²) in [5, 5.41) is 7.67. The topological polar surface area (TPSA) is 91.8 Å². The van der Waals surface area contributed by atoms with Crippen molar-refractivity contribution in [2.24, 2.45) is 0 Å². The van der Waals surface area contributed by atoms with Gasteiger partial charge in [-0.15, -0.1) is 11.3 Å². The van der Waals surface area contributed by atoms with E-state index >= 15 is 0 Å². The van der Waals surface area contributed by atoms with Crippen LogP contribution in [0.15, 0.2) is 35.8 Å². The van der Waals surface area contributed by atoms with Crippen molar-refractivity contribution in [3.63, 3.8) is 0 Å². The average Bonchev–Trinajstić information content (AvgIpc) is 3.34. The van der Waals surface area contributed by atoms with E-state index in [1.165, 1.54) is 18.4 Å². The standard InChI is InChI=1S/C24H29FN6O3S/c1-30(2)15-7-10-31(11-8-15)16-5-6-18(20(13-16)33-3)28-24-26-14-17(25)22(29-24)27-19-9-12-35-21(19)23(32)34-4/h5-6,9,12-15H,7-8,10-11H2,1-4H3,(H2,26,27,28,29). The molecule has 3 heterocycles. The lowest BCUT2D eigenvalue weighted by Gasteiger charge is -2.36. The lowest BCUT2D eigenvalue weighted by Crippen LogP contribution is -2.41. The maximum atomic E-state index is 14.4. The van der Waals surface area contributed by atoms with Crippen LogP contribution in [0.2, 0.25) is 0 Å². The molecular formula is C24H29FN6O3S. The summed E-state index contributed by atoms with van der Waals surface area (Å²) in [5.41, 5.74) is 2.15. The Balaban J connectivity index is 1.50. The van der Waals surface area contributed by atoms with Crippen molar-refractivity contribution in [2.45, 2.75) is 18.9 Å². The van der Waals surface area contributed by atoms with Crippen LogP contribution < -0.4 is 20.3 Å². The number of esters is 1. The third-order valence-electron chi connectivity index (χ3n) is 6.02. The van der Waals surface area contributed by atoms with Gasteiger partial charge in [-0.05, 0) is 50.5 Å². The van der Waals surface area contributed by atoms with Gasteiger partial charge in [0.15, 0.2) is 11.6 Å². The number of benzene rings is 1. The second-order valence-corrected chi connectivity index (χ2v) is 9.28. The van der Waals surface area contributed by atoms with Crippen LogP contribution in [-0.4, -0.2) is 68.3 Å². The molecule has 1 aromatic carbocycles. The first-order valence-electron chi connectivity index (χ1n) is 11.2. The van der Waals surface area contributed by atoms with Gasteiger partial charge in [0.25, 0.3) is 0 Å². The fourth-order valence-corrected chi connectivity index (χ4v) is 4.81. The number of carbonyl (C=O) groups excluding carboxylic acids is 1. The number of ether oxygens (including phenoxy) is 2. The fraction of sp³-hybridized carbons (Fsp3) is 0.375. The summed E-state index contributed by atoms with van der Waals surface area (Å²) >= 11 is 1.19. The third-order valence-corrected chi connectivity index (χ3v) is 6.92. The Bertz CT molecular complexity index is 1180. The minimum absolute atomic E-state index is 0.0644. The first-order valence-corrected chi connectivity index (χ1v) is 12.1. The summed E-state index contributed by atoms with van der Waals surface area (Å²) < 4.78 is 24.8. The molecule has 11 heteroatoms. The zero-order chi connectivity index (χ0) is 24.9. The molecule has 1 aliphatic heterocycles. The van der Waals surface area contributed by atoms with Crippen LogP contribution in [-0.2, 0) is 4.74 Å². The van der Waals surface area contributed by atoms with Crippen LogP contribution in [0, 0.1) is 5.82 Å². The highest BCUT2D eigenvalue weighted by Crippen LogP contribution is 2.33. The van der Waals surface area contributed by atoms with Gasteiger partial charge in [0.05, 0.1) is 31.8 Å². The van der Waals surface area contributed by atoms with E-state index in [1.54, 1.807) is 18.6 Å². The fourth-order valence-electron chi connectivity index (χ4n) is 4.04. The summed E-state index contributed by atoms with van der Waals surface area (Å²) in [4.78, 5) is 25.2. The van der Waals surface area contributed by atoms with Crippen molar-refractivity contribution < 1.29 is 18.7 Å². The number of hydrogen-bond acceptors (Lipinski definition) is 10. The zero-order valence-electron chi connectivity index (χ0n) is 20.2. The quantitative estimate of drug-likeness (QED) is 0.434.